The number of fused-ring (bicyclic) bond motifs is 1. The number of aromatic nitrogens is 1. The molecule has 1 saturated carbocycles. The molecule has 0 aliphatic heterocycles. The van der Waals surface area contributed by atoms with Crippen LogP contribution in [-0.4, -0.2) is 22.0 Å². The lowest BCUT2D eigenvalue weighted by molar-refractivity contribution is 0.757. The van der Waals surface area contributed by atoms with E-state index in [9.17, 15) is 0 Å². The molecule has 2 aromatic rings. The number of nitrogens with two attached hydrogens (primary N) is 1. The molecule has 0 amide bonds. The Bertz CT molecular complexity index is 567. The number of benzene rings is 1. The average molecular weight is 293 g/mol. The summed E-state index contributed by atoms with van der Waals surface area (Å²) in [6.07, 6.45) is 3.80. The highest BCUT2D eigenvalue weighted by Crippen LogP contribution is 2.35. The van der Waals surface area contributed by atoms with Crippen molar-refractivity contribution in [1.29, 1.82) is 0 Å². The van der Waals surface area contributed by atoms with Crippen LogP contribution in [0.15, 0.2) is 17.6 Å². The molecule has 1 fully saturated rings. The molecule has 3 nitrogen and oxygen atoms in total. The lowest BCUT2D eigenvalue weighted by atomic mass is 10.2. The lowest BCUT2D eigenvalue weighted by Gasteiger charge is -2.16. The van der Waals surface area contributed by atoms with Crippen molar-refractivity contribution in [2.24, 2.45) is 0 Å². The Balaban J connectivity index is 1.73. The first kappa shape index (κ1) is 13.1. The minimum Gasteiger partial charge on any atom is -0.395 e. The molecule has 1 aliphatic carbocycles. The Morgan fingerprint density at radius 1 is 1.47 bits per heavy atom. The maximum absolute atomic E-state index is 6.21. The van der Waals surface area contributed by atoms with Gasteiger partial charge in [-0.05, 0) is 37.1 Å². The number of hydrogen-bond donors (Lipinski definition) is 2. The Morgan fingerprint density at radius 2 is 2.37 bits per heavy atom. The molecule has 2 atom stereocenters. The van der Waals surface area contributed by atoms with Gasteiger partial charge in [0.1, 0.15) is 5.52 Å². The summed E-state index contributed by atoms with van der Waals surface area (Å²) < 4.78 is 1.16. The number of nitrogens with one attached hydrogen (secondary N) is 1. The van der Waals surface area contributed by atoms with Crippen LogP contribution in [0.1, 0.15) is 26.2 Å². The minimum absolute atomic E-state index is 0.558. The first-order valence-corrected chi connectivity index (χ1v) is 8.70. The van der Waals surface area contributed by atoms with Crippen molar-refractivity contribution in [1.82, 2.24) is 4.98 Å². The van der Waals surface area contributed by atoms with Gasteiger partial charge in [-0.3, -0.25) is 0 Å². The van der Waals surface area contributed by atoms with Crippen LogP contribution in [0.4, 0.5) is 11.4 Å². The van der Waals surface area contributed by atoms with Crippen LogP contribution in [-0.2, 0) is 0 Å². The highest BCUT2D eigenvalue weighted by molar-refractivity contribution is 7.99. The van der Waals surface area contributed by atoms with E-state index >= 15 is 0 Å². The van der Waals surface area contributed by atoms with Crippen LogP contribution in [0.3, 0.4) is 0 Å². The van der Waals surface area contributed by atoms with E-state index in [1.54, 1.807) is 11.3 Å². The van der Waals surface area contributed by atoms with Gasteiger partial charge < -0.3 is 11.1 Å². The molecule has 5 heteroatoms. The number of thioether (sulfide) groups is 1. The largest absolute Gasteiger partial charge is 0.395 e. The highest BCUT2D eigenvalue weighted by Gasteiger charge is 2.25. The van der Waals surface area contributed by atoms with Crippen molar-refractivity contribution >= 4 is 44.7 Å². The van der Waals surface area contributed by atoms with Gasteiger partial charge >= 0.3 is 0 Å². The van der Waals surface area contributed by atoms with Gasteiger partial charge in [0.25, 0.3) is 0 Å². The Morgan fingerprint density at radius 3 is 3.21 bits per heavy atom. The van der Waals surface area contributed by atoms with E-state index in [-0.39, 0.29) is 0 Å². The SMILES string of the molecule is CCSC1CCC(Nc2ccc3scnc3c2N)C1. The molecule has 102 valence electrons. The molecule has 0 radical (unpaired) electrons. The maximum Gasteiger partial charge on any atom is 0.106 e. The monoisotopic (exact) mass is 293 g/mol. The molecule has 0 saturated heterocycles. The molecule has 2 unspecified atom stereocenters. The predicted molar refractivity (Wildman–Crippen MR) is 87.2 cm³/mol. The van der Waals surface area contributed by atoms with Gasteiger partial charge in [0.2, 0.25) is 0 Å². The van der Waals surface area contributed by atoms with E-state index in [2.05, 4.69) is 41.1 Å². The number of anilines is 2. The fourth-order valence-corrected chi connectivity index (χ4v) is 4.59. The lowest BCUT2D eigenvalue weighted by Crippen LogP contribution is -2.17. The highest BCUT2D eigenvalue weighted by atomic mass is 32.2. The zero-order chi connectivity index (χ0) is 13.2. The number of nitrogens with zero attached hydrogens (tertiary/aromatic N) is 1. The van der Waals surface area contributed by atoms with E-state index in [4.69, 9.17) is 5.73 Å². The second-order valence-electron chi connectivity index (χ2n) is 4.96. The third kappa shape index (κ3) is 2.67. The average Bonchev–Trinajstić information content (AvgIpc) is 3.03. The van der Waals surface area contributed by atoms with E-state index in [1.807, 2.05) is 5.51 Å². The predicted octanol–water partition coefficient (Wildman–Crippen LogP) is 3.96. The summed E-state index contributed by atoms with van der Waals surface area (Å²) >= 11 is 3.72. The number of thiazole rings is 1. The van der Waals surface area contributed by atoms with Crippen LogP contribution in [0.5, 0.6) is 0 Å². The maximum atomic E-state index is 6.21. The van der Waals surface area contributed by atoms with E-state index < -0.39 is 0 Å². The normalized spacial score (nSPS) is 23.0. The second kappa shape index (κ2) is 5.59. The number of hydrogen-bond acceptors (Lipinski definition) is 5. The van der Waals surface area contributed by atoms with Crippen molar-refractivity contribution in [3.63, 3.8) is 0 Å². The molecule has 19 heavy (non-hydrogen) atoms. The fraction of sp³-hybridized carbons (Fsp3) is 0.500. The zero-order valence-electron chi connectivity index (χ0n) is 11.1. The number of rotatable bonds is 4. The molecule has 1 heterocycles. The third-order valence-electron chi connectivity index (χ3n) is 3.69. The molecule has 3 N–H and O–H groups in total. The summed E-state index contributed by atoms with van der Waals surface area (Å²) in [5.41, 5.74) is 10.8. The van der Waals surface area contributed by atoms with Crippen molar-refractivity contribution in [3.8, 4) is 0 Å². The van der Waals surface area contributed by atoms with E-state index in [1.165, 1.54) is 25.0 Å². The molecule has 1 aromatic heterocycles. The molecule has 1 aromatic carbocycles. The smallest absolute Gasteiger partial charge is 0.106 e. The summed E-state index contributed by atoms with van der Waals surface area (Å²) in [5.74, 6) is 1.21. The summed E-state index contributed by atoms with van der Waals surface area (Å²) in [4.78, 5) is 4.35. The first-order chi connectivity index (χ1) is 9.28. The van der Waals surface area contributed by atoms with E-state index in [0.717, 1.165) is 26.8 Å². The fourth-order valence-electron chi connectivity index (χ4n) is 2.76. The topological polar surface area (TPSA) is 50.9 Å². The van der Waals surface area contributed by atoms with Gasteiger partial charge in [0.05, 0.1) is 21.6 Å². The van der Waals surface area contributed by atoms with Gasteiger partial charge in [-0.15, -0.1) is 11.3 Å². The van der Waals surface area contributed by atoms with Gasteiger partial charge in [-0.2, -0.15) is 11.8 Å². The second-order valence-corrected chi connectivity index (χ2v) is 7.42. The third-order valence-corrected chi connectivity index (χ3v) is 5.72. The molecular weight excluding hydrogens is 274 g/mol. The Labute approximate surface area is 122 Å². The van der Waals surface area contributed by atoms with Crippen LogP contribution < -0.4 is 11.1 Å². The summed E-state index contributed by atoms with van der Waals surface area (Å²) in [6.45, 7) is 2.24. The van der Waals surface area contributed by atoms with Crippen LogP contribution in [0, 0.1) is 0 Å². The van der Waals surface area contributed by atoms with E-state index in [0.29, 0.717) is 6.04 Å². The standard InChI is InChI=1S/C14H19N3S2/c1-2-18-10-4-3-9(7-10)17-11-5-6-12-14(13(11)15)16-8-19-12/h5-6,8-10,17H,2-4,7,15H2,1H3. The van der Waals surface area contributed by atoms with Gasteiger partial charge in [-0.25, -0.2) is 4.98 Å². The zero-order valence-corrected chi connectivity index (χ0v) is 12.7. The van der Waals surface area contributed by atoms with Crippen molar-refractivity contribution in [2.45, 2.75) is 37.5 Å². The van der Waals surface area contributed by atoms with Gasteiger partial charge in [0, 0.05) is 11.3 Å². The van der Waals surface area contributed by atoms with Crippen molar-refractivity contribution in [2.75, 3.05) is 16.8 Å². The first-order valence-electron chi connectivity index (χ1n) is 6.77. The summed E-state index contributed by atoms with van der Waals surface area (Å²) in [6, 6.07) is 4.76. The summed E-state index contributed by atoms with van der Waals surface area (Å²) in [5, 5.41) is 4.42. The molecule has 0 bridgehead atoms. The molecule has 3 rings (SSSR count). The Kier molecular flexibility index (Phi) is 3.84. The number of nitrogen functional groups attached to an aromatic ring is 1. The van der Waals surface area contributed by atoms with Crippen LogP contribution >= 0.6 is 23.1 Å². The van der Waals surface area contributed by atoms with Crippen molar-refractivity contribution < 1.29 is 0 Å². The van der Waals surface area contributed by atoms with Gasteiger partial charge in [-0.1, -0.05) is 6.92 Å². The van der Waals surface area contributed by atoms with Crippen LogP contribution in [0.2, 0.25) is 0 Å². The molecule has 0 spiro atoms. The van der Waals surface area contributed by atoms with Gasteiger partial charge in [0.15, 0.2) is 0 Å². The minimum atomic E-state index is 0.558. The van der Waals surface area contributed by atoms with Crippen LogP contribution in [0.25, 0.3) is 10.2 Å². The molecular formula is C14H19N3S2. The molecule has 1 aliphatic rings. The van der Waals surface area contributed by atoms with Crippen molar-refractivity contribution in [3.05, 3.63) is 17.6 Å². The quantitative estimate of drug-likeness (QED) is 0.838. The summed E-state index contributed by atoms with van der Waals surface area (Å²) in [7, 11) is 0. The Hall–Kier alpha value is -0.940.